The number of methoxy groups -OCH3 is 2. The summed E-state index contributed by atoms with van der Waals surface area (Å²) in [5.41, 5.74) is 2.80. The van der Waals surface area contributed by atoms with Crippen LogP contribution in [0.3, 0.4) is 0 Å². The number of nitrogens with one attached hydrogen (secondary N) is 1. The molecular formula is C17H18N2O2. The fraction of sp³-hybridized carbons (Fsp3) is 0.235. The molecule has 0 aliphatic rings. The Labute approximate surface area is 124 Å². The van der Waals surface area contributed by atoms with Crippen molar-refractivity contribution >= 4 is 0 Å². The van der Waals surface area contributed by atoms with Crippen molar-refractivity contribution in [3.63, 3.8) is 0 Å². The Hall–Kier alpha value is -2.51. The summed E-state index contributed by atoms with van der Waals surface area (Å²) < 4.78 is 10.3. The van der Waals surface area contributed by atoms with Gasteiger partial charge in [-0.3, -0.25) is 0 Å². The van der Waals surface area contributed by atoms with Crippen molar-refractivity contribution in [1.82, 2.24) is 5.32 Å². The minimum Gasteiger partial charge on any atom is -0.497 e. The minimum absolute atomic E-state index is 0.557. The molecule has 21 heavy (non-hydrogen) atoms. The maximum Gasteiger partial charge on any atom is 0.136 e. The van der Waals surface area contributed by atoms with Gasteiger partial charge in [0.15, 0.2) is 0 Å². The highest BCUT2D eigenvalue weighted by atomic mass is 16.5. The van der Waals surface area contributed by atoms with Crippen LogP contribution in [0.5, 0.6) is 11.5 Å². The molecule has 0 unspecified atom stereocenters. The highest BCUT2D eigenvalue weighted by Gasteiger charge is 2.03. The molecule has 0 spiro atoms. The van der Waals surface area contributed by atoms with Gasteiger partial charge in [-0.25, -0.2) is 0 Å². The molecule has 0 aliphatic heterocycles. The van der Waals surface area contributed by atoms with Crippen molar-refractivity contribution in [3.8, 4) is 17.6 Å². The van der Waals surface area contributed by atoms with Gasteiger partial charge in [0.1, 0.15) is 17.6 Å². The first-order chi connectivity index (χ1) is 10.3. The number of benzene rings is 2. The first-order valence-corrected chi connectivity index (χ1v) is 6.67. The number of hydrogen-bond acceptors (Lipinski definition) is 4. The monoisotopic (exact) mass is 282 g/mol. The molecule has 0 amide bonds. The molecule has 0 bridgehead atoms. The van der Waals surface area contributed by atoms with Crippen LogP contribution in [-0.2, 0) is 13.1 Å². The fourth-order valence-electron chi connectivity index (χ4n) is 2.05. The summed E-state index contributed by atoms with van der Waals surface area (Å²) in [4.78, 5) is 0. The van der Waals surface area contributed by atoms with Crippen LogP contribution in [0.2, 0.25) is 0 Å². The molecule has 0 saturated heterocycles. The van der Waals surface area contributed by atoms with Crippen LogP contribution in [0, 0.1) is 11.3 Å². The van der Waals surface area contributed by atoms with Crippen LogP contribution in [-0.4, -0.2) is 14.2 Å². The van der Waals surface area contributed by atoms with Gasteiger partial charge in [0, 0.05) is 13.1 Å². The zero-order valence-electron chi connectivity index (χ0n) is 12.2. The molecule has 0 atom stereocenters. The molecule has 0 heterocycles. The van der Waals surface area contributed by atoms with E-state index in [-0.39, 0.29) is 0 Å². The molecule has 2 rings (SSSR count). The van der Waals surface area contributed by atoms with Crippen LogP contribution in [0.15, 0.2) is 42.5 Å². The van der Waals surface area contributed by atoms with E-state index in [0.29, 0.717) is 17.9 Å². The van der Waals surface area contributed by atoms with Crippen LogP contribution in [0.4, 0.5) is 0 Å². The van der Waals surface area contributed by atoms with Gasteiger partial charge in [0.05, 0.1) is 19.8 Å². The molecule has 108 valence electrons. The lowest BCUT2D eigenvalue weighted by atomic mass is 10.1. The first-order valence-electron chi connectivity index (χ1n) is 6.67. The van der Waals surface area contributed by atoms with E-state index in [1.165, 1.54) is 5.56 Å². The third-order valence-corrected chi connectivity index (χ3v) is 3.20. The van der Waals surface area contributed by atoms with Crippen LogP contribution < -0.4 is 14.8 Å². The lowest BCUT2D eigenvalue weighted by molar-refractivity contribution is 0.413. The molecule has 2 aromatic carbocycles. The number of nitriles is 1. The predicted molar refractivity (Wildman–Crippen MR) is 81.2 cm³/mol. The standard InChI is InChI=1S/C17H18N2O2/c1-20-16-6-3-13(4-7-16)11-19-12-14-5-8-17(21-2)15(9-14)10-18/h3-9,19H,11-12H2,1-2H3. The van der Waals surface area contributed by atoms with Crippen molar-refractivity contribution in [1.29, 1.82) is 5.26 Å². The Bertz CT molecular complexity index is 630. The Morgan fingerprint density at radius 3 is 2.24 bits per heavy atom. The van der Waals surface area contributed by atoms with Crippen molar-refractivity contribution in [2.45, 2.75) is 13.1 Å². The highest BCUT2D eigenvalue weighted by molar-refractivity contribution is 5.45. The number of ether oxygens (including phenoxy) is 2. The van der Waals surface area contributed by atoms with E-state index >= 15 is 0 Å². The maximum absolute atomic E-state index is 9.06. The molecular weight excluding hydrogens is 264 g/mol. The van der Waals surface area contributed by atoms with Gasteiger partial charge in [-0.2, -0.15) is 5.26 Å². The van der Waals surface area contributed by atoms with E-state index in [0.717, 1.165) is 17.9 Å². The summed E-state index contributed by atoms with van der Waals surface area (Å²) in [6.07, 6.45) is 0. The van der Waals surface area contributed by atoms with E-state index in [1.54, 1.807) is 14.2 Å². The van der Waals surface area contributed by atoms with Crippen molar-refractivity contribution < 1.29 is 9.47 Å². The van der Waals surface area contributed by atoms with Crippen LogP contribution in [0.25, 0.3) is 0 Å². The van der Waals surface area contributed by atoms with Crippen molar-refractivity contribution in [3.05, 3.63) is 59.2 Å². The quantitative estimate of drug-likeness (QED) is 0.885. The van der Waals surface area contributed by atoms with E-state index in [4.69, 9.17) is 14.7 Å². The van der Waals surface area contributed by atoms with E-state index < -0.39 is 0 Å². The summed E-state index contributed by atoms with van der Waals surface area (Å²) in [6, 6.07) is 15.7. The first kappa shape index (κ1) is 14.9. The SMILES string of the molecule is COc1ccc(CNCc2ccc(OC)c(C#N)c2)cc1. The molecule has 4 heteroatoms. The molecule has 2 aromatic rings. The molecule has 0 radical (unpaired) electrons. The minimum atomic E-state index is 0.557. The largest absolute Gasteiger partial charge is 0.497 e. The number of rotatable bonds is 6. The van der Waals surface area contributed by atoms with Gasteiger partial charge in [-0.05, 0) is 35.4 Å². The normalized spacial score (nSPS) is 9.95. The Kier molecular flexibility index (Phi) is 5.19. The highest BCUT2D eigenvalue weighted by Crippen LogP contribution is 2.18. The van der Waals surface area contributed by atoms with E-state index in [9.17, 15) is 0 Å². The number of hydrogen-bond donors (Lipinski definition) is 1. The molecule has 0 fully saturated rings. The van der Waals surface area contributed by atoms with Crippen LogP contribution in [0.1, 0.15) is 16.7 Å². The van der Waals surface area contributed by atoms with Crippen molar-refractivity contribution in [2.75, 3.05) is 14.2 Å². The van der Waals surface area contributed by atoms with E-state index in [1.807, 2.05) is 42.5 Å². The van der Waals surface area contributed by atoms with Crippen LogP contribution >= 0.6 is 0 Å². The lowest BCUT2D eigenvalue weighted by Crippen LogP contribution is -2.12. The zero-order valence-corrected chi connectivity index (χ0v) is 12.2. The summed E-state index contributed by atoms with van der Waals surface area (Å²) in [7, 11) is 3.22. The second-order valence-electron chi connectivity index (χ2n) is 4.60. The second-order valence-corrected chi connectivity index (χ2v) is 4.60. The Morgan fingerprint density at radius 2 is 1.62 bits per heavy atom. The van der Waals surface area contributed by atoms with E-state index in [2.05, 4.69) is 11.4 Å². The smallest absolute Gasteiger partial charge is 0.136 e. The molecule has 1 N–H and O–H groups in total. The summed E-state index contributed by atoms with van der Waals surface area (Å²) in [5.74, 6) is 1.46. The third kappa shape index (κ3) is 3.98. The average molecular weight is 282 g/mol. The zero-order chi connectivity index (χ0) is 15.1. The van der Waals surface area contributed by atoms with Gasteiger partial charge in [-0.1, -0.05) is 18.2 Å². The summed E-state index contributed by atoms with van der Waals surface area (Å²) >= 11 is 0. The molecule has 0 aliphatic carbocycles. The lowest BCUT2D eigenvalue weighted by Gasteiger charge is -2.08. The topological polar surface area (TPSA) is 54.3 Å². The van der Waals surface area contributed by atoms with Gasteiger partial charge in [-0.15, -0.1) is 0 Å². The molecule has 4 nitrogen and oxygen atoms in total. The number of nitrogens with zero attached hydrogens (tertiary/aromatic N) is 1. The second kappa shape index (κ2) is 7.32. The van der Waals surface area contributed by atoms with Gasteiger partial charge < -0.3 is 14.8 Å². The predicted octanol–water partition coefficient (Wildman–Crippen LogP) is 2.87. The van der Waals surface area contributed by atoms with Crippen molar-refractivity contribution in [2.24, 2.45) is 0 Å². The third-order valence-electron chi connectivity index (χ3n) is 3.20. The maximum atomic E-state index is 9.06. The summed E-state index contributed by atoms with van der Waals surface area (Å²) in [5, 5.41) is 12.4. The molecule has 0 aromatic heterocycles. The van der Waals surface area contributed by atoms with Gasteiger partial charge >= 0.3 is 0 Å². The van der Waals surface area contributed by atoms with Gasteiger partial charge in [0.2, 0.25) is 0 Å². The Balaban J connectivity index is 1.92. The van der Waals surface area contributed by atoms with Gasteiger partial charge in [0.25, 0.3) is 0 Å². The Morgan fingerprint density at radius 1 is 0.952 bits per heavy atom. The molecule has 0 saturated carbocycles. The fourth-order valence-corrected chi connectivity index (χ4v) is 2.05. The average Bonchev–Trinajstić information content (AvgIpc) is 2.55. The summed E-state index contributed by atoms with van der Waals surface area (Å²) in [6.45, 7) is 1.46.